The van der Waals surface area contributed by atoms with E-state index < -0.39 is 0 Å². The summed E-state index contributed by atoms with van der Waals surface area (Å²) in [6.07, 6.45) is 0. The quantitative estimate of drug-likeness (QED) is 0.793. The molecule has 1 rings (SSSR count). The maximum atomic E-state index is 12.3. The Balaban J connectivity index is 2.88. The van der Waals surface area contributed by atoms with Crippen molar-refractivity contribution in [2.24, 2.45) is 0 Å². The summed E-state index contributed by atoms with van der Waals surface area (Å²) in [6, 6.07) is 7.25. The van der Waals surface area contributed by atoms with Gasteiger partial charge >= 0.3 is 0 Å². The molecule has 17 heavy (non-hydrogen) atoms. The molecule has 2 N–H and O–H groups in total. The van der Waals surface area contributed by atoms with Crippen LogP contribution in [0, 0.1) is 0 Å². The second-order valence-corrected chi connectivity index (χ2v) is 4.17. The van der Waals surface area contributed by atoms with Crippen molar-refractivity contribution in [2.75, 3.05) is 26.0 Å². The van der Waals surface area contributed by atoms with Crippen LogP contribution < -0.4 is 5.73 Å². The number of ether oxygens (including phenoxy) is 1. The third kappa shape index (κ3) is 3.46. The molecule has 0 fully saturated rings. The van der Waals surface area contributed by atoms with Gasteiger partial charge in [0.15, 0.2) is 0 Å². The fraction of sp³-hybridized carbons (Fsp3) is 0.462. The highest BCUT2D eigenvalue weighted by Crippen LogP contribution is 2.15. The lowest BCUT2D eigenvalue weighted by atomic mass is 10.1. The van der Waals surface area contributed by atoms with Crippen LogP contribution in [0.3, 0.4) is 0 Å². The molecule has 0 atom stereocenters. The number of carbonyl (C=O) groups is 1. The number of methoxy groups -OCH3 is 1. The maximum absolute atomic E-state index is 12.3. The summed E-state index contributed by atoms with van der Waals surface area (Å²) in [4.78, 5) is 14.1. The van der Waals surface area contributed by atoms with Crippen molar-refractivity contribution in [3.63, 3.8) is 0 Å². The van der Waals surface area contributed by atoms with Gasteiger partial charge in [-0.3, -0.25) is 4.79 Å². The topological polar surface area (TPSA) is 55.6 Å². The van der Waals surface area contributed by atoms with E-state index in [-0.39, 0.29) is 11.9 Å². The first-order valence-electron chi connectivity index (χ1n) is 5.72. The van der Waals surface area contributed by atoms with Crippen LogP contribution in [0.4, 0.5) is 5.69 Å². The fourth-order valence-electron chi connectivity index (χ4n) is 1.63. The number of anilines is 1. The molecule has 1 aromatic carbocycles. The summed E-state index contributed by atoms with van der Waals surface area (Å²) in [5.74, 6) is -0.0462. The highest BCUT2D eigenvalue weighted by molar-refractivity contribution is 5.99. The summed E-state index contributed by atoms with van der Waals surface area (Å²) in [5, 5.41) is 0. The number of nitrogen functional groups attached to an aromatic ring is 1. The first kappa shape index (κ1) is 13.5. The number of para-hydroxylation sites is 1. The molecule has 0 spiro atoms. The van der Waals surface area contributed by atoms with Crippen LogP contribution in [-0.2, 0) is 4.74 Å². The Labute approximate surface area is 102 Å². The summed E-state index contributed by atoms with van der Waals surface area (Å²) in [6.45, 7) is 5.05. The SMILES string of the molecule is COCCN(C(=O)c1ccccc1N)C(C)C. The summed E-state index contributed by atoms with van der Waals surface area (Å²) in [5.41, 5.74) is 6.88. The first-order valence-corrected chi connectivity index (χ1v) is 5.72. The fourth-order valence-corrected chi connectivity index (χ4v) is 1.63. The number of nitrogens with zero attached hydrogens (tertiary/aromatic N) is 1. The van der Waals surface area contributed by atoms with E-state index in [9.17, 15) is 4.79 Å². The van der Waals surface area contributed by atoms with Gasteiger partial charge in [-0.2, -0.15) is 0 Å². The van der Waals surface area contributed by atoms with E-state index in [1.165, 1.54) is 0 Å². The highest BCUT2D eigenvalue weighted by Gasteiger charge is 2.19. The average molecular weight is 236 g/mol. The van der Waals surface area contributed by atoms with Crippen molar-refractivity contribution < 1.29 is 9.53 Å². The Morgan fingerprint density at radius 3 is 2.59 bits per heavy atom. The number of amides is 1. The zero-order valence-corrected chi connectivity index (χ0v) is 10.6. The molecule has 0 aliphatic heterocycles. The monoisotopic (exact) mass is 236 g/mol. The minimum absolute atomic E-state index is 0.0462. The molecule has 4 heteroatoms. The molecule has 94 valence electrons. The molecule has 0 saturated carbocycles. The largest absolute Gasteiger partial charge is 0.398 e. The Hall–Kier alpha value is -1.55. The molecule has 0 aliphatic carbocycles. The van der Waals surface area contributed by atoms with E-state index in [1.807, 2.05) is 26.0 Å². The van der Waals surface area contributed by atoms with E-state index in [4.69, 9.17) is 10.5 Å². The second kappa shape index (κ2) is 6.25. The van der Waals surface area contributed by atoms with E-state index >= 15 is 0 Å². The van der Waals surface area contributed by atoms with Gasteiger partial charge in [0.1, 0.15) is 0 Å². The number of hydrogen-bond acceptors (Lipinski definition) is 3. The third-order valence-electron chi connectivity index (χ3n) is 2.61. The molecule has 4 nitrogen and oxygen atoms in total. The van der Waals surface area contributed by atoms with E-state index in [0.29, 0.717) is 24.4 Å². The molecule has 1 aromatic rings. The zero-order valence-electron chi connectivity index (χ0n) is 10.6. The zero-order chi connectivity index (χ0) is 12.8. The van der Waals surface area contributed by atoms with Crippen molar-refractivity contribution in [3.05, 3.63) is 29.8 Å². The van der Waals surface area contributed by atoms with Gasteiger partial charge in [-0.25, -0.2) is 0 Å². The van der Waals surface area contributed by atoms with E-state index in [0.717, 1.165) is 0 Å². The molecule has 0 saturated heterocycles. The highest BCUT2D eigenvalue weighted by atomic mass is 16.5. The molecule has 0 radical (unpaired) electrons. The van der Waals surface area contributed by atoms with Gasteiger partial charge in [0.05, 0.1) is 12.2 Å². The van der Waals surface area contributed by atoms with E-state index in [2.05, 4.69) is 0 Å². The maximum Gasteiger partial charge on any atom is 0.256 e. The Morgan fingerprint density at radius 1 is 1.41 bits per heavy atom. The molecule has 0 heterocycles. The lowest BCUT2D eigenvalue weighted by molar-refractivity contribution is 0.0636. The number of carbonyl (C=O) groups excluding carboxylic acids is 1. The standard InChI is InChI=1S/C13H20N2O2/c1-10(2)15(8-9-17-3)13(16)11-6-4-5-7-12(11)14/h4-7,10H,8-9,14H2,1-3H3. The van der Waals surface area contributed by atoms with E-state index in [1.54, 1.807) is 24.1 Å². The van der Waals surface area contributed by atoms with Crippen molar-refractivity contribution in [2.45, 2.75) is 19.9 Å². The molecule has 1 amide bonds. The van der Waals surface area contributed by atoms with Crippen LogP contribution >= 0.6 is 0 Å². The number of rotatable bonds is 5. The van der Waals surface area contributed by atoms with Crippen LogP contribution in [0.2, 0.25) is 0 Å². The third-order valence-corrected chi connectivity index (χ3v) is 2.61. The first-order chi connectivity index (χ1) is 8.07. The molecule has 0 aromatic heterocycles. The van der Waals surface area contributed by atoms with Crippen LogP contribution in [0.5, 0.6) is 0 Å². The predicted molar refractivity (Wildman–Crippen MR) is 68.9 cm³/mol. The number of hydrogen-bond donors (Lipinski definition) is 1. The average Bonchev–Trinajstić information content (AvgIpc) is 2.29. The lowest BCUT2D eigenvalue weighted by Gasteiger charge is -2.27. The lowest BCUT2D eigenvalue weighted by Crippen LogP contribution is -2.39. The minimum Gasteiger partial charge on any atom is -0.398 e. The van der Waals surface area contributed by atoms with Gasteiger partial charge in [0.25, 0.3) is 5.91 Å². The minimum atomic E-state index is -0.0462. The molecular weight excluding hydrogens is 216 g/mol. The van der Waals surface area contributed by atoms with Crippen molar-refractivity contribution in [1.82, 2.24) is 4.90 Å². The van der Waals surface area contributed by atoms with Gasteiger partial charge < -0.3 is 15.4 Å². The summed E-state index contributed by atoms with van der Waals surface area (Å²) >= 11 is 0. The van der Waals surface area contributed by atoms with Gasteiger partial charge in [0.2, 0.25) is 0 Å². The van der Waals surface area contributed by atoms with Crippen LogP contribution in [-0.4, -0.2) is 37.1 Å². The summed E-state index contributed by atoms with van der Waals surface area (Å²) < 4.78 is 5.01. The smallest absolute Gasteiger partial charge is 0.256 e. The Kier molecular flexibility index (Phi) is 4.97. The molecule has 0 unspecified atom stereocenters. The van der Waals surface area contributed by atoms with Crippen LogP contribution in [0.15, 0.2) is 24.3 Å². The molecule has 0 aliphatic rings. The second-order valence-electron chi connectivity index (χ2n) is 4.17. The Bertz CT molecular complexity index is 377. The Morgan fingerprint density at radius 2 is 2.06 bits per heavy atom. The van der Waals surface area contributed by atoms with Gasteiger partial charge in [-0.1, -0.05) is 12.1 Å². The van der Waals surface area contributed by atoms with Gasteiger partial charge in [-0.05, 0) is 26.0 Å². The van der Waals surface area contributed by atoms with Crippen molar-refractivity contribution >= 4 is 11.6 Å². The summed E-state index contributed by atoms with van der Waals surface area (Å²) in [7, 11) is 1.62. The molecular formula is C13H20N2O2. The number of nitrogens with two attached hydrogens (primary N) is 1. The van der Waals surface area contributed by atoms with Crippen LogP contribution in [0.1, 0.15) is 24.2 Å². The molecule has 0 bridgehead atoms. The van der Waals surface area contributed by atoms with Gasteiger partial charge in [0, 0.05) is 25.4 Å². The van der Waals surface area contributed by atoms with Crippen molar-refractivity contribution in [1.29, 1.82) is 0 Å². The van der Waals surface area contributed by atoms with Gasteiger partial charge in [-0.15, -0.1) is 0 Å². The number of benzene rings is 1. The van der Waals surface area contributed by atoms with Crippen molar-refractivity contribution in [3.8, 4) is 0 Å². The van der Waals surface area contributed by atoms with Crippen LogP contribution in [0.25, 0.3) is 0 Å². The normalized spacial score (nSPS) is 10.6. The predicted octanol–water partition coefficient (Wildman–Crippen LogP) is 1.77.